The Morgan fingerprint density at radius 1 is 1.38 bits per heavy atom. The molecule has 0 bridgehead atoms. The van der Waals surface area contributed by atoms with Crippen LogP contribution in [-0.4, -0.2) is 55.9 Å². The van der Waals surface area contributed by atoms with Crippen molar-refractivity contribution >= 4 is 5.97 Å². The number of hydrogen-bond donors (Lipinski definition) is 1. The van der Waals surface area contributed by atoms with E-state index in [4.69, 9.17) is 14.6 Å². The molecule has 1 aliphatic rings. The second-order valence-corrected chi connectivity index (χ2v) is 6.07. The van der Waals surface area contributed by atoms with Crippen LogP contribution in [0.3, 0.4) is 0 Å². The van der Waals surface area contributed by atoms with Gasteiger partial charge in [-0.2, -0.15) is 0 Å². The fourth-order valence-corrected chi connectivity index (χ4v) is 2.49. The third kappa shape index (κ3) is 4.72. The van der Waals surface area contributed by atoms with E-state index in [0.29, 0.717) is 17.8 Å². The van der Waals surface area contributed by atoms with Crippen molar-refractivity contribution in [2.75, 3.05) is 40.0 Å². The van der Waals surface area contributed by atoms with Gasteiger partial charge in [0.15, 0.2) is 0 Å². The number of ether oxygens (including phenoxy) is 2. The van der Waals surface area contributed by atoms with Gasteiger partial charge in [0.25, 0.3) is 0 Å². The van der Waals surface area contributed by atoms with Crippen LogP contribution >= 0.6 is 0 Å². The number of hydrogen-bond acceptors (Lipinski definition) is 4. The summed E-state index contributed by atoms with van der Waals surface area (Å²) in [6.07, 6.45) is 0.939. The molecule has 0 atom stereocenters. The number of carbonyl (C=O) groups is 1. The molecule has 1 saturated heterocycles. The van der Waals surface area contributed by atoms with Crippen molar-refractivity contribution in [3.63, 3.8) is 0 Å². The Morgan fingerprint density at radius 3 is 2.57 bits per heavy atom. The third-order valence-corrected chi connectivity index (χ3v) is 3.61. The smallest absolute Gasteiger partial charge is 0.335 e. The molecule has 0 aromatic heterocycles. The summed E-state index contributed by atoms with van der Waals surface area (Å²) in [7, 11) is 2.12. The van der Waals surface area contributed by atoms with Gasteiger partial charge in [-0.25, -0.2) is 4.79 Å². The van der Waals surface area contributed by atoms with E-state index in [1.165, 1.54) is 0 Å². The van der Waals surface area contributed by atoms with Crippen LogP contribution in [0.1, 0.15) is 23.7 Å². The molecule has 1 heterocycles. The molecule has 0 radical (unpaired) electrons. The van der Waals surface area contributed by atoms with E-state index in [-0.39, 0.29) is 5.56 Å². The normalized spacial score (nSPS) is 16.5. The topological polar surface area (TPSA) is 59.0 Å². The van der Waals surface area contributed by atoms with Gasteiger partial charge < -0.3 is 19.5 Å². The van der Waals surface area contributed by atoms with Crippen LogP contribution in [0, 0.1) is 5.41 Å². The third-order valence-electron chi connectivity index (χ3n) is 3.61. The van der Waals surface area contributed by atoms with E-state index in [9.17, 15) is 4.79 Å². The summed E-state index contributed by atoms with van der Waals surface area (Å²) in [5, 5.41) is 8.81. The first kappa shape index (κ1) is 15.8. The van der Waals surface area contributed by atoms with Crippen LogP contribution in [0.5, 0.6) is 5.75 Å². The van der Waals surface area contributed by atoms with Crippen LogP contribution in [0.2, 0.25) is 0 Å². The minimum Gasteiger partial charge on any atom is -0.494 e. The lowest BCUT2D eigenvalue weighted by atomic mass is 9.88. The van der Waals surface area contributed by atoms with Gasteiger partial charge in [-0.1, -0.05) is 6.92 Å². The molecule has 2 rings (SSSR count). The lowest BCUT2D eigenvalue weighted by Crippen LogP contribution is -2.48. The second-order valence-electron chi connectivity index (χ2n) is 6.07. The quantitative estimate of drug-likeness (QED) is 0.744. The summed E-state index contributed by atoms with van der Waals surface area (Å²) in [6.45, 7) is 6.59. The van der Waals surface area contributed by atoms with E-state index in [0.717, 1.165) is 32.7 Å². The Morgan fingerprint density at radius 2 is 2.05 bits per heavy atom. The van der Waals surface area contributed by atoms with Crippen molar-refractivity contribution in [3.8, 4) is 5.75 Å². The van der Waals surface area contributed by atoms with Crippen molar-refractivity contribution < 1.29 is 19.4 Å². The van der Waals surface area contributed by atoms with E-state index in [2.05, 4.69) is 18.9 Å². The number of aromatic carboxylic acids is 1. The molecular formula is C16H23NO4. The molecule has 1 aromatic carbocycles. The van der Waals surface area contributed by atoms with Gasteiger partial charge in [0.1, 0.15) is 5.75 Å². The summed E-state index contributed by atoms with van der Waals surface area (Å²) in [5.41, 5.74) is 0.584. The lowest BCUT2D eigenvalue weighted by molar-refractivity contribution is -0.112. The predicted octanol–water partition coefficient (Wildman–Crippen LogP) is 2.12. The molecule has 116 valence electrons. The van der Waals surface area contributed by atoms with Crippen LogP contribution < -0.4 is 4.74 Å². The fourth-order valence-electron chi connectivity index (χ4n) is 2.49. The molecule has 0 saturated carbocycles. The van der Waals surface area contributed by atoms with Gasteiger partial charge in [0.2, 0.25) is 0 Å². The highest BCUT2D eigenvalue weighted by Crippen LogP contribution is 2.27. The first-order valence-corrected chi connectivity index (χ1v) is 7.21. The van der Waals surface area contributed by atoms with Gasteiger partial charge in [-0.15, -0.1) is 0 Å². The Bertz CT molecular complexity index is 468. The van der Waals surface area contributed by atoms with Crippen LogP contribution in [-0.2, 0) is 4.74 Å². The molecule has 5 heteroatoms. The van der Waals surface area contributed by atoms with E-state index < -0.39 is 5.97 Å². The van der Waals surface area contributed by atoms with Crippen LogP contribution in [0.15, 0.2) is 24.3 Å². The second kappa shape index (κ2) is 6.91. The highest BCUT2D eigenvalue weighted by Gasteiger charge is 2.34. The summed E-state index contributed by atoms with van der Waals surface area (Å²) in [5.74, 6) is -0.210. The van der Waals surface area contributed by atoms with Crippen molar-refractivity contribution in [2.24, 2.45) is 5.41 Å². The standard InChI is InChI=1S/C16H23NO4/c1-16(11-20-12-16)10-17(2)8-3-9-21-14-6-4-13(5-7-14)15(18)19/h4-7H,3,8-12H2,1-2H3,(H,18,19). The summed E-state index contributed by atoms with van der Waals surface area (Å²) in [4.78, 5) is 13.0. The zero-order valence-electron chi connectivity index (χ0n) is 12.7. The molecule has 0 aliphatic carbocycles. The first-order valence-electron chi connectivity index (χ1n) is 7.21. The molecule has 1 N–H and O–H groups in total. The average Bonchev–Trinajstić information content (AvgIpc) is 2.42. The molecule has 0 unspecified atom stereocenters. The van der Waals surface area contributed by atoms with Crippen molar-refractivity contribution in [3.05, 3.63) is 29.8 Å². The average molecular weight is 293 g/mol. The van der Waals surface area contributed by atoms with Crippen molar-refractivity contribution in [1.29, 1.82) is 0 Å². The van der Waals surface area contributed by atoms with Gasteiger partial charge in [-0.3, -0.25) is 0 Å². The van der Waals surface area contributed by atoms with E-state index in [1.54, 1.807) is 24.3 Å². The Balaban J connectivity index is 1.63. The maximum atomic E-state index is 10.7. The van der Waals surface area contributed by atoms with Gasteiger partial charge >= 0.3 is 5.97 Å². The lowest BCUT2D eigenvalue weighted by Gasteiger charge is -2.40. The van der Waals surface area contributed by atoms with Gasteiger partial charge in [0.05, 0.1) is 25.4 Å². The number of benzene rings is 1. The highest BCUT2D eigenvalue weighted by atomic mass is 16.5. The SMILES string of the molecule is CN(CCCOc1ccc(C(=O)O)cc1)CC1(C)COC1. The van der Waals surface area contributed by atoms with Crippen molar-refractivity contribution in [2.45, 2.75) is 13.3 Å². The van der Waals surface area contributed by atoms with Crippen LogP contribution in [0.25, 0.3) is 0 Å². The minimum atomic E-state index is -0.920. The summed E-state index contributed by atoms with van der Waals surface area (Å²) >= 11 is 0. The summed E-state index contributed by atoms with van der Waals surface area (Å²) < 4.78 is 10.9. The molecule has 5 nitrogen and oxygen atoms in total. The Hall–Kier alpha value is -1.59. The van der Waals surface area contributed by atoms with Crippen molar-refractivity contribution in [1.82, 2.24) is 4.90 Å². The minimum absolute atomic E-state index is 0.276. The van der Waals surface area contributed by atoms with E-state index >= 15 is 0 Å². The molecule has 0 spiro atoms. The van der Waals surface area contributed by atoms with Gasteiger partial charge in [0, 0.05) is 18.5 Å². The number of nitrogens with zero attached hydrogens (tertiary/aromatic N) is 1. The molecule has 0 amide bonds. The molecule has 1 fully saturated rings. The number of rotatable bonds is 8. The predicted molar refractivity (Wildman–Crippen MR) is 79.9 cm³/mol. The molecule has 1 aliphatic heterocycles. The van der Waals surface area contributed by atoms with Crippen LogP contribution in [0.4, 0.5) is 0 Å². The Kier molecular flexibility index (Phi) is 5.20. The zero-order chi connectivity index (χ0) is 15.3. The number of carboxylic acids is 1. The molecule has 1 aromatic rings. The number of carboxylic acid groups (broad SMARTS) is 1. The maximum Gasteiger partial charge on any atom is 0.335 e. The molecular weight excluding hydrogens is 270 g/mol. The van der Waals surface area contributed by atoms with Gasteiger partial charge in [-0.05, 0) is 37.7 Å². The van der Waals surface area contributed by atoms with E-state index in [1.807, 2.05) is 0 Å². The monoisotopic (exact) mass is 293 g/mol. The largest absolute Gasteiger partial charge is 0.494 e. The maximum absolute atomic E-state index is 10.7. The Labute approximate surface area is 125 Å². The first-order chi connectivity index (χ1) is 9.98. The summed E-state index contributed by atoms with van der Waals surface area (Å²) in [6, 6.07) is 6.50. The highest BCUT2D eigenvalue weighted by molar-refractivity contribution is 5.87. The zero-order valence-corrected chi connectivity index (χ0v) is 12.7. The fraction of sp³-hybridized carbons (Fsp3) is 0.562. The molecule has 21 heavy (non-hydrogen) atoms.